The highest BCUT2D eigenvalue weighted by Crippen LogP contribution is 2.19. The lowest BCUT2D eigenvalue weighted by molar-refractivity contribution is 0.122. The number of morpholine rings is 1. The minimum Gasteiger partial charge on any atom is -0.490 e. The third kappa shape index (κ3) is 4.66. The molecule has 7 nitrogen and oxygen atoms in total. The molecule has 0 radical (unpaired) electrons. The summed E-state index contributed by atoms with van der Waals surface area (Å²) in [4.78, 5) is 10.00. The van der Waals surface area contributed by atoms with Crippen molar-refractivity contribution in [2.24, 2.45) is 5.10 Å². The van der Waals surface area contributed by atoms with Crippen LogP contribution in [-0.4, -0.2) is 48.6 Å². The van der Waals surface area contributed by atoms with Crippen molar-refractivity contribution in [3.8, 4) is 5.75 Å². The van der Waals surface area contributed by atoms with Crippen LogP contribution < -0.4 is 15.1 Å². The summed E-state index contributed by atoms with van der Waals surface area (Å²) in [5.41, 5.74) is 3.57. The summed E-state index contributed by atoms with van der Waals surface area (Å²) < 4.78 is 25.1. The van der Waals surface area contributed by atoms with Gasteiger partial charge in [0.2, 0.25) is 5.95 Å². The van der Waals surface area contributed by atoms with E-state index in [1.807, 2.05) is 43.0 Å². The Labute approximate surface area is 151 Å². The fourth-order valence-corrected chi connectivity index (χ4v) is 2.52. The van der Waals surface area contributed by atoms with Gasteiger partial charge in [-0.1, -0.05) is 12.1 Å². The fourth-order valence-electron chi connectivity index (χ4n) is 2.52. The normalized spacial score (nSPS) is 14.8. The molecule has 138 valence electrons. The number of para-hydroxylation sites is 1. The predicted molar refractivity (Wildman–Crippen MR) is 98.4 cm³/mol. The minimum absolute atomic E-state index is 0.0639. The first kappa shape index (κ1) is 18.1. The zero-order valence-corrected chi connectivity index (χ0v) is 14.9. The average Bonchev–Trinajstić information content (AvgIpc) is 2.65. The van der Waals surface area contributed by atoms with Crippen molar-refractivity contribution >= 4 is 18.0 Å². The van der Waals surface area contributed by atoms with Gasteiger partial charge in [0.05, 0.1) is 31.7 Å². The molecule has 0 aliphatic carbocycles. The van der Waals surface area contributed by atoms with E-state index in [0.717, 1.165) is 17.5 Å². The number of hydrazone groups is 1. The predicted octanol–water partition coefficient (Wildman–Crippen LogP) is 2.69. The number of ether oxygens (including phenoxy) is 2. The first-order valence-corrected chi connectivity index (χ1v) is 8.53. The van der Waals surface area contributed by atoms with Gasteiger partial charge in [0, 0.05) is 18.7 Å². The van der Waals surface area contributed by atoms with Crippen molar-refractivity contribution in [3.05, 3.63) is 41.8 Å². The minimum atomic E-state index is -0.461. The Morgan fingerprint density at radius 1 is 1.31 bits per heavy atom. The highest BCUT2D eigenvalue weighted by Gasteiger charge is 2.17. The zero-order chi connectivity index (χ0) is 18.4. The van der Waals surface area contributed by atoms with E-state index in [9.17, 15) is 4.39 Å². The molecule has 1 fully saturated rings. The second-order valence-corrected chi connectivity index (χ2v) is 6.04. The largest absolute Gasteiger partial charge is 0.490 e. The van der Waals surface area contributed by atoms with Crippen LogP contribution in [0.5, 0.6) is 5.75 Å². The lowest BCUT2D eigenvalue weighted by Crippen LogP contribution is -2.37. The van der Waals surface area contributed by atoms with Gasteiger partial charge in [0.15, 0.2) is 11.6 Å². The van der Waals surface area contributed by atoms with E-state index in [2.05, 4.69) is 20.5 Å². The van der Waals surface area contributed by atoms with E-state index in [1.165, 1.54) is 0 Å². The number of rotatable bonds is 6. The molecule has 2 aromatic rings. The molecule has 1 saturated heterocycles. The maximum atomic E-state index is 14.0. The van der Waals surface area contributed by atoms with Crippen molar-refractivity contribution < 1.29 is 13.9 Å². The molecule has 1 aliphatic heterocycles. The van der Waals surface area contributed by atoms with Crippen molar-refractivity contribution in [2.45, 2.75) is 20.0 Å². The molecule has 0 saturated carbocycles. The smallest absolute Gasteiger partial charge is 0.245 e. The average molecular weight is 359 g/mol. The van der Waals surface area contributed by atoms with E-state index < -0.39 is 5.82 Å². The highest BCUT2D eigenvalue weighted by molar-refractivity contribution is 5.83. The van der Waals surface area contributed by atoms with Crippen LogP contribution in [0.2, 0.25) is 0 Å². The molecular weight excluding hydrogens is 337 g/mol. The van der Waals surface area contributed by atoms with Crippen LogP contribution in [0.25, 0.3) is 0 Å². The van der Waals surface area contributed by atoms with Crippen LogP contribution in [0, 0.1) is 5.82 Å². The van der Waals surface area contributed by atoms with Crippen molar-refractivity contribution in [3.63, 3.8) is 0 Å². The molecule has 1 aliphatic rings. The van der Waals surface area contributed by atoms with Crippen LogP contribution in [0.1, 0.15) is 19.4 Å². The van der Waals surface area contributed by atoms with Gasteiger partial charge < -0.3 is 14.4 Å². The summed E-state index contributed by atoms with van der Waals surface area (Å²) in [6.07, 6.45) is 2.83. The van der Waals surface area contributed by atoms with E-state index in [4.69, 9.17) is 9.47 Å². The number of nitrogens with zero attached hydrogens (tertiary/aromatic N) is 4. The lowest BCUT2D eigenvalue weighted by atomic mass is 10.2. The summed E-state index contributed by atoms with van der Waals surface area (Å²) in [5.74, 6) is 0.759. The van der Waals surface area contributed by atoms with Gasteiger partial charge in [-0.15, -0.1) is 0 Å². The Bertz CT molecular complexity index is 763. The third-order valence-electron chi connectivity index (χ3n) is 3.69. The van der Waals surface area contributed by atoms with Gasteiger partial charge >= 0.3 is 0 Å². The molecule has 0 spiro atoms. The van der Waals surface area contributed by atoms with Gasteiger partial charge in [-0.3, -0.25) is 0 Å². The highest BCUT2D eigenvalue weighted by atomic mass is 19.1. The molecular formula is C18H22FN5O2. The molecule has 1 aromatic carbocycles. The molecule has 1 aromatic heterocycles. The monoisotopic (exact) mass is 359 g/mol. The summed E-state index contributed by atoms with van der Waals surface area (Å²) in [6.45, 7) is 6.22. The van der Waals surface area contributed by atoms with Gasteiger partial charge in [0.1, 0.15) is 5.75 Å². The van der Waals surface area contributed by atoms with Crippen LogP contribution in [0.4, 0.5) is 16.2 Å². The summed E-state index contributed by atoms with van der Waals surface area (Å²) in [7, 11) is 0. The number of halogens is 1. The van der Waals surface area contributed by atoms with E-state index in [0.29, 0.717) is 26.3 Å². The Balaban J connectivity index is 1.71. The molecule has 3 rings (SSSR count). The SMILES string of the molecule is CC(C)Oc1ccccc1/C=N/Nc1ncc(F)c(N2CCOCC2)n1. The molecule has 1 N–H and O–H groups in total. The summed E-state index contributed by atoms with van der Waals surface area (Å²) in [6, 6.07) is 7.58. The van der Waals surface area contributed by atoms with Gasteiger partial charge in [-0.25, -0.2) is 14.8 Å². The maximum Gasteiger partial charge on any atom is 0.245 e. The fraction of sp³-hybridized carbons (Fsp3) is 0.389. The Hall–Kier alpha value is -2.74. The number of hydrogen-bond donors (Lipinski definition) is 1. The van der Waals surface area contributed by atoms with E-state index in [-0.39, 0.29) is 17.9 Å². The lowest BCUT2D eigenvalue weighted by Gasteiger charge is -2.27. The standard InChI is InChI=1S/C18H22FN5O2/c1-13(2)26-16-6-4-3-5-14(16)11-21-23-18-20-12-15(19)17(22-18)24-7-9-25-10-8-24/h3-6,11-13H,7-10H2,1-2H3,(H,20,22,23)/b21-11+. The molecule has 8 heteroatoms. The molecule has 0 bridgehead atoms. The third-order valence-corrected chi connectivity index (χ3v) is 3.69. The summed E-state index contributed by atoms with van der Waals surface area (Å²) >= 11 is 0. The Morgan fingerprint density at radius 3 is 2.85 bits per heavy atom. The van der Waals surface area contributed by atoms with Crippen molar-refractivity contribution in [1.29, 1.82) is 0 Å². The first-order valence-electron chi connectivity index (χ1n) is 8.53. The second-order valence-electron chi connectivity index (χ2n) is 6.04. The van der Waals surface area contributed by atoms with Crippen LogP contribution in [-0.2, 0) is 4.74 Å². The van der Waals surface area contributed by atoms with Crippen LogP contribution in [0.15, 0.2) is 35.6 Å². The van der Waals surface area contributed by atoms with Gasteiger partial charge in [0.25, 0.3) is 0 Å². The van der Waals surface area contributed by atoms with Gasteiger partial charge in [-0.05, 0) is 26.0 Å². The van der Waals surface area contributed by atoms with Crippen molar-refractivity contribution in [1.82, 2.24) is 9.97 Å². The van der Waals surface area contributed by atoms with Crippen LogP contribution in [0.3, 0.4) is 0 Å². The Kier molecular flexibility index (Phi) is 5.96. The van der Waals surface area contributed by atoms with Crippen LogP contribution >= 0.6 is 0 Å². The molecule has 0 unspecified atom stereocenters. The Morgan fingerprint density at radius 2 is 2.08 bits per heavy atom. The number of hydrogen-bond acceptors (Lipinski definition) is 7. The molecule has 0 atom stereocenters. The zero-order valence-electron chi connectivity index (χ0n) is 14.9. The quantitative estimate of drug-likeness (QED) is 0.632. The molecule has 0 amide bonds. The second kappa shape index (κ2) is 8.57. The summed E-state index contributed by atoms with van der Waals surface area (Å²) in [5, 5.41) is 4.15. The number of nitrogens with one attached hydrogen (secondary N) is 1. The van der Waals surface area contributed by atoms with E-state index >= 15 is 0 Å². The number of aromatic nitrogens is 2. The topological polar surface area (TPSA) is 71.9 Å². The van der Waals surface area contributed by atoms with Gasteiger partial charge in [-0.2, -0.15) is 10.1 Å². The van der Waals surface area contributed by atoms with E-state index in [1.54, 1.807) is 6.21 Å². The maximum absolute atomic E-state index is 14.0. The number of anilines is 2. The first-order chi connectivity index (χ1) is 12.6. The van der Waals surface area contributed by atoms with Crippen molar-refractivity contribution in [2.75, 3.05) is 36.6 Å². The number of benzene rings is 1. The molecule has 2 heterocycles. The molecule has 26 heavy (non-hydrogen) atoms.